The average molecular weight is 386 g/mol. The van der Waals surface area contributed by atoms with Crippen molar-refractivity contribution in [1.82, 2.24) is 9.80 Å². The molecule has 3 rings (SSSR count). The average Bonchev–Trinajstić information content (AvgIpc) is 2.74. The number of hydrogen-bond donors (Lipinski definition) is 0. The van der Waals surface area contributed by atoms with Gasteiger partial charge in [0.1, 0.15) is 17.3 Å². The van der Waals surface area contributed by atoms with Gasteiger partial charge in [0.05, 0.1) is 14.2 Å². The lowest BCUT2D eigenvalue weighted by atomic mass is 10.1. The molecule has 0 radical (unpaired) electrons. The Balaban J connectivity index is 1.49. The molecule has 2 aromatic carbocycles. The third kappa shape index (κ3) is 5.01. The van der Waals surface area contributed by atoms with E-state index in [1.165, 1.54) is 6.07 Å². The van der Waals surface area contributed by atoms with E-state index in [1.807, 2.05) is 17.0 Å². The van der Waals surface area contributed by atoms with Crippen LogP contribution < -0.4 is 9.47 Å². The lowest BCUT2D eigenvalue weighted by Gasteiger charge is -2.34. The van der Waals surface area contributed by atoms with E-state index in [0.29, 0.717) is 30.2 Å². The van der Waals surface area contributed by atoms with Crippen LogP contribution in [0.15, 0.2) is 42.5 Å². The molecule has 1 saturated heterocycles. The summed E-state index contributed by atoms with van der Waals surface area (Å²) in [7, 11) is 3.15. The number of carbonyl (C=O) groups is 1. The number of hydrogen-bond acceptors (Lipinski definition) is 4. The number of rotatable bonds is 7. The minimum absolute atomic E-state index is 0.0109. The molecule has 6 heteroatoms. The number of methoxy groups -OCH3 is 2. The molecule has 0 bridgehead atoms. The van der Waals surface area contributed by atoms with Gasteiger partial charge in [-0.2, -0.15) is 0 Å². The van der Waals surface area contributed by atoms with Crippen LogP contribution >= 0.6 is 0 Å². The molecule has 0 unspecified atom stereocenters. The van der Waals surface area contributed by atoms with Crippen molar-refractivity contribution in [2.45, 2.75) is 12.8 Å². The van der Waals surface area contributed by atoms with Crippen LogP contribution in [-0.4, -0.2) is 62.7 Å². The zero-order chi connectivity index (χ0) is 19.9. The van der Waals surface area contributed by atoms with E-state index in [9.17, 15) is 9.18 Å². The van der Waals surface area contributed by atoms with E-state index >= 15 is 0 Å². The largest absolute Gasteiger partial charge is 0.497 e. The zero-order valence-electron chi connectivity index (χ0n) is 16.5. The molecule has 1 heterocycles. The minimum atomic E-state index is -0.133. The summed E-state index contributed by atoms with van der Waals surface area (Å²) >= 11 is 0. The summed E-state index contributed by atoms with van der Waals surface area (Å²) in [6.45, 7) is 3.91. The van der Waals surface area contributed by atoms with Crippen LogP contribution in [0.2, 0.25) is 0 Å². The molecule has 150 valence electrons. The van der Waals surface area contributed by atoms with Crippen LogP contribution in [0.25, 0.3) is 0 Å². The van der Waals surface area contributed by atoms with Crippen molar-refractivity contribution < 1.29 is 18.7 Å². The molecule has 1 aliphatic heterocycles. The molecule has 0 atom stereocenters. The summed E-state index contributed by atoms with van der Waals surface area (Å²) in [5, 5.41) is 0. The van der Waals surface area contributed by atoms with Gasteiger partial charge in [-0.05, 0) is 43.1 Å². The molecule has 0 aromatic heterocycles. The first-order valence-electron chi connectivity index (χ1n) is 9.59. The summed E-state index contributed by atoms with van der Waals surface area (Å²) in [5.41, 5.74) is 1.34. The molecule has 28 heavy (non-hydrogen) atoms. The normalized spacial score (nSPS) is 14.8. The fourth-order valence-corrected chi connectivity index (χ4v) is 3.48. The standard InChI is InChI=1S/C22H27FN2O3/c1-27-19-14-18(15-20(16-19)28-2)22(26)25-12-10-24(11-13-25)9-5-7-17-6-3-4-8-21(17)23/h3-4,6,8,14-16H,5,7,9-13H2,1-2H3. The molecule has 5 nitrogen and oxygen atoms in total. The number of aryl methyl sites for hydroxylation is 1. The molecular weight excluding hydrogens is 359 g/mol. The van der Waals surface area contributed by atoms with E-state index in [-0.39, 0.29) is 11.7 Å². The van der Waals surface area contributed by atoms with Gasteiger partial charge in [0.2, 0.25) is 0 Å². The van der Waals surface area contributed by atoms with Gasteiger partial charge in [-0.3, -0.25) is 9.69 Å². The summed E-state index contributed by atoms with van der Waals surface area (Å²) in [4.78, 5) is 17.0. The van der Waals surface area contributed by atoms with E-state index in [0.717, 1.165) is 38.0 Å². The zero-order valence-corrected chi connectivity index (χ0v) is 16.5. The number of carbonyl (C=O) groups excluding carboxylic acids is 1. The van der Waals surface area contributed by atoms with Gasteiger partial charge < -0.3 is 14.4 Å². The lowest BCUT2D eigenvalue weighted by Crippen LogP contribution is -2.48. The Labute approximate surface area is 165 Å². The fourth-order valence-electron chi connectivity index (χ4n) is 3.48. The quantitative estimate of drug-likeness (QED) is 0.733. The Morgan fingerprint density at radius 3 is 2.25 bits per heavy atom. The van der Waals surface area contributed by atoms with E-state index < -0.39 is 0 Å². The van der Waals surface area contributed by atoms with Gasteiger partial charge in [-0.1, -0.05) is 18.2 Å². The first-order valence-corrected chi connectivity index (χ1v) is 9.59. The van der Waals surface area contributed by atoms with Gasteiger partial charge in [-0.15, -0.1) is 0 Å². The summed E-state index contributed by atoms with van der Waals surface area (Å²) < 4.78 is 24.2. The van der Waals surface area contributed by atoms with Crippen molar-refractivity contribution in [2.75, 3.05) is 46.9 Å². The molecule has 0 N–H and O–H groups in total. The third-order valence-corrected chi connectivity index (χ3v) is 5.14. The SMILES string of the molecule is COc1cc(OC)cc(C(=O)N2CCN(CCCc3ccccc3F)CC2)c1. The van der Waals surface area contributed by atoms with E-state index in [4.69, 9.17) is 9.47 Å². The van der Waals surface area contributed by atoms with Gasteiger partial charge in [0.25, 0.3) is 5.91 Å². The first-order chi connectivity index (χ1) is 13.6. The van der Waals surface area contributed by atoms with Crippen LogP contribution in [0.4, 0.5) is 4.39 Å². The van der Waals surface area contributed by atoms with E-state index in [1.54, 1.807) is 38.5 Å². The molecule has 0 saturated carbocycles. The highest BCUT2D eigenvalue weighted by Crippen LogP contribution is 2.24. The molecule has 0 aliphatic carbocycles. The number of ether oxygens (including phenoxy) is 2. The molecule has 1 aliphatic rings. The van der Waals surface area contributed by atoms with Crippen LogP contribution in [0.3, 0.4) is 0 Å². The maximum Gasteiger partial charge on any atom is 0.254 e. The van der Waals surface area contributed by atoms with E-state index in [2.05, 4.69) is 4.90 Å². The van der Waals surface area contributed by atoms with Crippen molar-refractivity contribution in [2.24, 2.45) is 0 Å². The van der Waals surface area contributed by atoms with Gasteiger partial charge >= 0.3 is 0 Å². The maximum atomic E-state index is 13.7. The van der Waals surface area contributed by atoms with Crippen molar-refractivity contribution in [3.05, 3.63) is 59.4 Å². The monoisotopic (exact) mass is 386 g/mol. The Morgan fingerprint density at radius 1 is 1.00 bits per heavy atom. The second-order valence-corrected chi connectivity index (χ2v) is 6.93. The fraction of sp³-hybridized carbons (Fsp3) is 0.409. The smallest absolute Gasteiger partial charge is 0.254 e. The van der Waals surface area contributed by atoms with Crippen molar-refractivity contribution in [3.63, 3.8) is 0 Å². The van der Waals surface area contributed by atoms with Gasteiger partial charge in [0.15, 0.2) is 0 Å². The predicted molar refractivity (Wildman–Crippen MR) is 107 cm³/mol. The van der Waals surface area contributed by atoms with Gasteiger partial charge in [0, 0.05) is 37.8 Å². The summed E-state index contributed by atoms with van der Waals surface area (Å²) in [6.07, 6.45) is 1.64. The highest BCUT2D eigenvalue weighted by atomic mass is 19.1. The minimum Gasteiger partial charge on any atom is -0.497 e. The van der Waals surface area contributed by atoms with Crippen LogP contribution in [-0.2, 0) is 6.42 Å². The van der Waals surface area contributed by atoms with Crippen molar-refractivity contribution in [1.29, 1.82) is 0 Å². The number of benzene rings is 2. The Kier molecular flexibility index (Phi) is 6.87. The molecule has 1 fully saturated rings. The number of piperazine rings is 1. The summed E-state index contributed by atoms with van der Waals surface area (Å²) in [6, 6.07) is 12.2. The highest BCUT2D eigenvalue weighted by molar-refractivity contribution is 5.95. The summed E-state index contributed by atoms with van der Waals surface area (Å²) in [5.74, 6) is 1.07. The van der Waals surface area contributed by atoms with Crippen LogP contribution in [0.1, 0.15) is 22.3 Å². The van der Waals surface area contributed by atoms with Crippen molar-refractivity contribution >= 4 is 5.91 Å². The second-order valence-electron chi connectivity index (χ2n) is 6.93. The maximum absolute atomic E-state index is 13.7. The van der Waals surface area contributed by atoms with Crippen LogP contribution in [0.5, 0.6) is 11.5 Å². The molecule has 2 aromatic rings. The molecular formula is C22H27FN2O3. The van der Waals surface area contributed by atoms with Crippen LogP contribution in [0, 0.1) is 5.82 Å². The lowest BCUT2D eigenvalue weighted by molar-refractivity contribution is 0.0635. The first kappa shape index (κ1) is 20.1. The third-order valence-electron chi connectivity index (χ3n) is 5.14. The Bertz CT molecular complexity index is 782. The molecule has 0 spiro atoms. The Hall–Kier alpha value is -2.60. The molecule has 1 amide bonds. The van der Waals surface area contributed by atoms with Gasteiger partial charge in [-0.25, -0.2) is 4.39 Å². The number of amides is 1. The highest BCUT2D eigenvalue weighted by Gasteiger charge is 2.23. The number of nitrogens with zero attached hydrogens (tertiary/aromatic N) is 2. The van der Waals surface area contributed by atoms with Crippen molar-refractivity contribution in [3.8, 4) is 11.5 Å². The Morgan fingerprint density at radius 2 is 1.64 bits per heavy atom. The second kappa shape index (κ2) is 9.55. The predicted octanol–water partition coefficient (Wildman–Crippen LogP) is 3.23. The topological polar surface area (TPSA) is 42.0 Å². The number of halogens is 1.